The van der Waals surface area contributed by atoms with Crippen molar-refractivity contribution in [2.24, 2.45) is 5.92 Å². The molecule has 0 fully saturated rings. The zero-order valence-corrected chi connectivity index (χ0v) is 67.2. The van der Waals surface area contributed by atoms with Crippen molar-refractivity contribution in [2.45, 2.75) is 256 Å². The Morgan fingerprint density at radius 1 is 0.315 bits per heavy atom. The maximum absolute atomic E-state index is 14.3. The van der Waals surface area contributed by atoms with Crippen LogP contribution in [0, 0.1) is 5.92 Å². The van der Waals surface area contributed by atoms with E-state index in [4.69, 9.17) is 32.9 Å². The molecule has 628 valence electrons. The Hall–Kier alpha value is -5.96. The maximum Gasteiger partial charge on any atom is 0.325 e. The Morgan fingerprint density at radius 3 is 0.972 bits per heavy atom. The Bertz CT molecular complexity index is 2440. The van der Waals surface area contributed by atoms with Crippen LogP contribution in [-0.2, 0) is 90.2 Å². The summed E-state index contributed by atoms with van der Waals surface area (Å²) in [6.45, 7) is 8.17. The third kappa shape index (κ3) is 67.0. The Labute approximate surface area is 643 Å². The van der Waals surface area contributed by atoms with Gasteiger partial charge in [-0.05, 0) is 89.9 Å². The molecule has 13 N–H and O–H groups in total. The van der Waals surface area contributed by atoms with E-state index in [1.54, 1.807) is 14.2 Å². The average Bonchev–Trinajstić information content (AvgIpc) is 0.884. The van der Waals surface area contributed by atoms with Gasteiger partial charge in [-0.25, -0.2) is 0 Å². The second kappa shape index (κ2) is 72.6. The predicted molar refractivity (Wildman–Crippen MR) is 412 cm³/mol. The van der Waals surface area contributed by atoms with Crippen molar-refractivity contribution in [1.82, 2.24) is 58.5 Å². The molecule has 32 nitrogen and oxygen atoms in total. The molecule has 0 saturated carbocycles. The van der Waals surface area contributed by atoms with Crippen LogP contribution in [0.2, 0.25) is 0 Å². The first-order chi connectivity index (χ1) is 52.2. The zero-order valence-electron chi connectivity index (χ0n) is 66.3. The molecule has 0 aromatic carbocycles. The van der Waals surface area contributed by atoms with Crippen LogP contribution in [0.4, 0.5) is 0 Å². The minimum Gasteiger partial charge on any atom is -0.396 e. The van der Waals surface area contributed by atoms with Crippen molar-refractivity contribution in [3.05, 3.63) is 0 Å². The van der Waals surface area contributed by atoms with E-state index in [0.29, 0.717) is 149 Å². The van der Waals surface area contributed by atoms with E-state index in [-0.39, 0.29) is 171 Å². The molecule has 0 saturated heterocycles. The molecule has 0 radical (unpaired) electrons. The first kappa shape index (κ1) is 102. The normalized spacial score (nSPS) is 12.8. The number of amides is 11. The fourth-order valence-corrected chi connectivity index (χ4v) is 11.5. The number of hydrogen-bond acceptors (Lipinski definition) is 20. The average molecular weight is 1560 g/mol. The van der Waals surface area contributed by atoms with Crippen LogP contribution < -0.4 is 58.5 Å². The summed E-state index contributed by atoms with van der Waals surface area (Å²) in [7, 11) is 0.934. The summed E-state index contributed by atoms with van der Waals surface area (Å²) in [5.41, 5.74) is 0. The molecule has 0 spiro atoms. The van der Waals surface area contributed by atoms with Gasteiger partial charge in [-0.3, -0.25) is 57.3 Å². The van der Waals surface area contributed by atoms with Crippen molar-refractivity contribution >= 4 is 72.6 Å². The van der Waals surface area contributed by atoms with Gasteiger partial charge in [-0.15, -0.1) is 0 Å². The second-order valence-electron chi connectivity index (χ2n) is 27.2. The highest BCUT2D eigenvalue weighted by molar-refractivity contribution is 7.51. The molecule has 5 atom stereocenters. The predicted octanol–water partition coefficient (Wildman–Crippen LogP) is 4.86. The summed E-state index contributed by atoms with van der Waals surface area (Å²) in [6, 6.07) is -3.16. The van der Waals surface area contributed by atoms with Gasteiger partial charge in [-0.2, -0.15) is 0 Å². The molecular formula is C75H142N11O21P. The number of aliphatic hydroxyl groups is 1. The van der Waals surface area contributed by atoms with Crippen molar-refractivity contribution in [2.75, 3.05) is 153 Å². The van der Waals surface area contributed by atoms with Crippen LogP contribution >= 0.6 is 7.60 Å². The lowest BCUT2D eigenvalue weighted by molar-refractivity contribution is -0.133. The molecule has 33 heteroatoms. The van der Waals surface area contributed by atoms with Crippen LogP contribution in [0.5, 0.6) is 0 Å². The fourth-order valence-electron chi connectivity index (χ4n) is 11.0. The van der Waals surface area contributed by atoms with Crippen molar-refractivity contribution in [3.63, 3.8) is 0 Å². The number of carbonyl (C=O) groups excluding carboxylic acids is 11. The number of hydrogen-bond donors (Lipinski definition) is 13. The molecular weight excluding hydrogens is 1420 g/mol. The van der Waals surface area contributed by atoms with Crippen LogP contribution in [-0.4, -0.2) is 246 Å². The highest BCUT2D eigenvalue weighted by Crippen LogP contribution is 2.37. The van der Waals surface area contributed by atoms with E-state index in [9.17, 15) is 67.3 Å². The highest BCUT2D eigenvalue weighted by Gasteiger charge is 2.28. The molecule has 11 amide bonds. The lowest BCUT2D eigenvalue weighted by atomic mass is 10.0. The topological polar surface area (TPSA) is 442 Å². The van der Waals surface area contributed by atoms with Crippen LogP contribution in [0.1, 0.15) is 238 Å². The molecule has 0 aliphatic rings. The molecule has 0 aliphatic carbocycles. The van der Waals surface area contributed by atoms with Crippen molar-refractivity contribution < 1.29 is 100 Å². The standard InChI is InChI=1S/C75H142N11O21P/c1-6-7-8-9-10-11-12-13-14-15-16-17-19-34-65(88)76-42-27-22-31-62(73(96)83-46-26-21-30-61(59-87)60-107-108(5,99)100)84-71(94)35-20-18-25-45-82-74(97)63(32-23-28-43-77-66(89)36-38-68(91)79-47-50-104-56-53-101-2)86-75(98)64(85-72(95)41-40-70(93)81-49-52-106-58-55-103-4)33-24-29-44-78-67(90)37-39-69(92)80-48-51-105-57-54-102-3/h61-64,87H,6-60H2,1-5H3,(H,76,88)(H,77,89)(H,78,90)(H,79,91)(H,80,92)(H,81,93)(H,82,97)(H,83,96)(H,84,94)(H,85,95)(H,86,98)(H,99,100). The molecule has 0 aromatic rings. The molecule has 0 bridgehead atoms. The number of aliphatic hydroxyl groups excluding tert-OH is 1. The van der Waals surface area contributed by atoms with E-state index < -0.39 is 49.4 Å². The zero-order chi connectivity index (χ0) is 79.8. The second-order valence-corrected chi connectivity index (χ2v) is 29.1. The Balaban J connectivity index is 6.01. The summed E-state index contributed by atoms with van der Waals surface area (Å²) >= 11 is 0. The van der Waals surface area contributed by atoms with Crippen LogP contribution in [0.25, 0.3) is 0 Å². The maximum atomic E-state index is 14.3. The van der Waals surface area contributed by atoms with Crippen molar-refractivity contribution in [1.29, 1.82) is 0 Å². The summed E-state index contributed by atoms with van der Waals surface area (Å²) in [6.07, 6.45) is 21.7. The number of ether oxygens (including phenoxy) is 6. The smallest absolute Gasteiger partial charge is 0.325 e. The SMILES string of the molecule is CCCCCCCCCCCCCCCC(=O)NCCCCC(NC(=O)CCCCCNC(=O)C(CCCCNC(=O)CCC(=O)NCCOCCOC)NC(=O)C(CCCCNC(=O)CCC(=O)NCCOCCOC)NC(=O)CCC(=O)NCCOCCOC)C(=O)NCCCCC(CO)COP(C)(=O)O. The minimum atomic E-state index is -3.71. The number of carbonyl (C=O) groups is 11. The molecule has 0 heterocycles. The minimum absolute atomic E-state index is 0.00946. The van der Waals surface area contributed by atoms with E-state index in [0.717, 1.165) is 25.9 Å². The quantitative estimate of drug-likeness (QED) is 0.0285. The summed E-state index contributed by atoms with van der Waals surface area (Å²) in [5, 5.41) is 40.6. The summed E-state index contributed by atoms with van der Waals surface area (Å²) < 4.78 is 47.5. The largest absolute Gasteiger partial charge is 0.396 e. The molecule has 5 unspecified atom stereocenters. The Kier molecular flexibility index (Phi) is 68.6. The number of unbranched alkanes of at least 4 members (excludes halogenated alkanes) is 18. The van der Waals surface area contributed by atoms with Gasteiger partial charge in [0.15, 0.2) is 0 Å². The van der Waals surface area contributed by atoms with E-state index >= 15 is 0 Å². The van der Waals surface area contributed by atoms with E-state index in [1.165, 1.54) is 71.3 Å². The van der Waals surface area contributed by atoms with Crippen LogP contribution in [0.15, 0.2) is 0 Å². The van der Waals surface area contributed by atoms with Crippen molar-refractivity contribution in [3.8, 4) is 0 Å². The van der Waals surface area contributed by atoms with Gasteiger partial charge in [0, 0.05) is 144 Å². The lowest BCUT2D eigenvalue weighted by Gasteiger charge is -2.23. The third-order valence-electron chi connectivity index (χ3n) is 17.4. The van der Waals surface area contributed by atoms with Gasteiger partial charge in [0.05, 0.1) is 66.1 Å². The third-order valence-corrected chi connectivity index (χ3v) is 18.1. The Morgan fingerprint density at radius 2 is 0.602 bits per heavy atom. The first-order valence-corrected chi connectivity index (χ1v) is 42.0. The van der Waals surface area contributed by atoms with Crippen LogP contribution in [0.3, 0.4) is 0 Å². The molecule has 0 rings (SSSR count). The molecule has 0 aromatic heterocycles. The van der Waals surface area contributed by atoms with Gasteiger partial charge < -0.3 is 101 Å². The van der Waals surface area contributed by atoms with Gasteiger partial charge in [-0.1, -0.05) is 96.8 Å². The summed E-state index contributed by atoms with van der Waals surface area (Å²) in [5.74, 6) is -4.65. The van der Waals surface area contributed by atoms with E-state index in [1.807, 2.05) is 0 Å². The van der Waals surface area contributed by atoms with Gasteiger partial charge in [0.25, 0.3) is 0 Å². The first-order valence-electron chi connectivity index (χ1n) is 40.0. The van der Waals surface area contributed by atoms with Gasteiger partial charge in [0.1, 0.15) is 18.1 Å². The number of nitrogens with one attached hydrogen (secondary N) is 11. The highest BCUT2D eigenvalue weighted by atomic mass is 31.2. The van der Waals surface area contributed by atoms with Gasteiger partial charge >= 0.3 is 7.60 Å². The van der Waals surface area contributed by atoms with Gasteiger partial charge in [0.2, 0.25) is 65.0 Å². The summed E-state index contributed by atoms with van der Waals surface area (Å²) in [4.78, 5) is 154. The monoisotopic (exact) mass is 1560 g/mol. The molecule has 0 aliphatic heterocycles. The van der Waals surface area contributed by atoms with E-state index in [2.05, 4.69) is 65.4 Å². The lowest BCUT2D eigenvalue weighted by Crippen LogP contribution is -2.54. The molecule has 108 heavy (non-hydrogen) atoms. The number of methoxy groups -OCH3 is 3. The number of rotatable bonds is 77. The fraction of sp³-hybridized carbons (Fsp3) is 0.853.